The lowest BCUT2D eigenvalue weighted by molar-refractivity contribution is -0.119. The number of nitrogens with one attached hydrogen (secondary N) is 2. The van der Waals surface area contributed by atoms with Gasteiger partial charge in [0.2, 0.25) is 5.91 Å². The van der Waals surface area contributed by atoms with E-state index in [1.807, 2.05) is 13.8 Å². The lowest BCUT2D eigenvalue weighted by Crippen LogP contribution is -2.36. The number of hydrogen-bond donors (Lipinski definition) is 2. The van der Waals surface area contributed by atoms with Crippen LogP contribution in [0.25, 0.3) is 0 Å². The molecule has 0 radical (unpaired) electrons. The van der Waals surface area contributed by atoms with E-state index >= 15 is 0 Å². The minimum absolute atomic E-state index is 0.00997. The van der Waals surface area contributed by atoms with E-state index in [-0.39, 0.29) is 12.5 Å². The van der Waals surface area contributed by atoms with Gasteiger partial charge >= 0.3 is 0 Å². The van der Waals surface area contributed by atoms with Crippen LogP contribution in [0.3, 0.4) is 0 Å². The van der Waals surface area contributed by atoms with Gasteiger partial charge in [-0.1, -0.05) is 13.8 Å². The lowest BCUT2D eigenvalue weighted by atomic mass is 10.2. The second kappa shape index (κ2) is 12.4. The van der Waals surface area contributed by atoms with E-state index in [2.05, 4.69) is 10.6 Å². The molecule has 4 nitrogen and oxygen atoms in total. The summed E-state index contributed by atoms with van der Waals surface area (Å²) in [7, 11) is 1.80. The molecule has 0 spiro atoms. The highest BCUT2D eigenvalue weighted by Crippen LogP contribution is 2.01. The Hall–Kier alpha value is -0.680. The zero-order valence-electron chi connectivity index (χ0n) is 11.0. The van der Waals surface area contributed by atoms with Crippen LogP contribution in [0.4, 0.5) is 4.39 Å². The molecule has 0 saturated carbocycles. The zero-order chi connectivity index (χ0) is 13.0. The molecule has 0 aromatic rings. The highest BCUT2D eigenvalue weighted by Gasteiger charge is 2.16. The van der Waals surface area contributed by atoms with Crippen LogP contribution in [0.5, 0.6) is 0 Å². The first-order chi connectivity index (χ1) is 7.57. The summed E-state index contributed by atoms with van der Waals surface area (Å²) in [5, 5.41) is 5.30. The number of ether oxygens (including phenoxy) is 1. The van der Waals surface area contributed by atoms with Crippen LogP contribution >= 0.6 is 0 Å². The number of rotatable bonds is 7. The van der Waals surface area contributed by atoms with Crippen LogP contribution in [-0.4, -0.2) is 44.9 Å². The van der Waals surface area contributed by atoms with Crippen LogP contribution in [0, 0.1) is 0 Å². The monoisotopic (exact) mass is 236 g/mol. The van der Waals surface area contributed by atoms with E-state index < -0.39 is 12.3 Å². The van der Waals surface area contributed by atoms with Crippen molar-refractivity contribution < 1.29 is 13.9 Å². The van der Waals surface area contributed by atoms with Gasteiger partial charge in [0.15, 0.2) is 0 Å². The molecule has 2 unspecified atom stereocenters. The van der Waals surface area contributed by atoms with Crippen LogP contribution in [0.15, 0.2) is 0 Å². The summed E-state index contributed by atoms with van der Waals surface area (Å²) in [5.74, 6) is -0.227. The molecule has 5 heteroatoms. The van der Waals surface area contributed by atoms with Crippen molar-refractivity contribution in [1.29, 1.82) is 0 Å². The summed E-state index contributed by atoms with van der Waals surface area (Å²) >= 11 is 0. The fraction of sp³-hybridized carbons (Fsp3) is 0.909. The van der Waals surface area contributed by atoms with E-state index in [1.165, 1.54) is 6.92 Å². The number of halogens is 1. The molecule has 16 heavy (non-hydrogen) atoms. The topological polar surface area (TPSA) is 50.4 Å². The first-order valence-electron chi connectivity index (χ1n) is 5.72. The van der Waals surface area contributed by atoms with Gasteiger partial charge in [-0.3, -0.25) is 4.79 Å². The molecular formula is C11H25FN2O2. The Bertz CT molecular complexity index is 168. The van der Waals surface area contributed by atoms with Crippen LogP contribution in [-0.2, 0) is 9.53 Å². The molecule has 0 aromatic carbocycles. The predicted octanol–water partition coefficient (Wildman–Crippen LogP) is 1.11. The molecule has 0 saturated heterocycles. The molecule has 0 heterocycles. The number of hydrogen-bond acceptors (Lipinski definition) is 3. The van der Waals surface area contributed by atoms with Crippen molar-refractivity contribution in [2.75, 3.05) is 26.7 Å². The fourth-order valence-electron chi connectivity index (χ4n) is 0.858. The number of amides is 1. The molecule has 0 fully saturated rings. The minimum Gasteiger partial charge on any atom is -0.374 e. The summed E-state index contributed by atoms with van der Waals surface area (Å²) in [5.41, 5.74) is 0. The number of alkyl halides is 1. The van der Waals surface area contributed by atoms with Crippen molar-refractivity contribution >= 4 is 5.91 Å². The van der Waals surface area contributed by atoms with Gasteiger partial charge in [0.1, 0.15) is 6.17 Å². The van der Waals surface area contributed by atoms with Crippen molar-refractivity contribution in [2.45, 2.75) is 40.0 Å². The maximum atomic E-state index is 13.2. The van der Waals surface area contributed by atoms with Gasteiger partial charge in [-0.2, -0.15) is 0 Å². The number of carbonyl (C=O) groups is 1. The highest BCUT2D eigenvalue weighted by atomic mass is 19.1. The quantitative estimate of drug-likeness (QED) is 0.651. The Morgan fingerprint density at radius 1 is 1.44 bits per heavy atom. The summed E-state index contributed by atoms with van der Waals surface area (Å²) < 4.78 is 18.4. The Morgan fingerprint density at radius 3 is 2.44 bits per heavy atom. The van der Waals surface area contributed by atoms with Crippen molar-refractivity contribution in [2.24, 2.45) is 0 Å². The van der Waals surface area contributed by atoms with E-state index in [0.717, 1.165) is 0 Å². The Balaban J connectivity index is 0. The molecule has 2 N–H and O–H groups in total. The first-order valence-corrected chi connectivity index (χ1v) is 5.72. The summed E-state index contributed by atoms with van der Waals surface area (Å²) in [6.45, 7) is 8.19. The largest absolute Gasteiger partial charge is 0.374 e. The molecule has 1 amide bonds. The van der Waals surface area contributed by atoms with E-state index in [1.54, 1.807) is 14.0 Å². The molecular weight excluding hydrogens is 211 g/mol. The van der Waals surface area contributed by atoms with Gasteiger partial charge in [0.05, 0.1) is 19.3 Å². The lowest BCUT2D eigenvalue weighted by Gasteiger charge is -2.17. The third kappa shape index (κ3) is 11.4. The van der Waals surface area contributed by atoms with Crippen LogP contribution in [0.1, 0.15) is 27.7 Å². The smallest absolute Gasteiger partial charge is 0.216 e. The second-order valence-corrected chi connectivity index (χ2v) is 3.13. The summed E-state index contributed by atoms with van der Waals surface area (Å²) in [6.07, 6.45) is -1.65. The minimum atomic E-state index is -1.16. The molecule has 0 aromatic heterocycles. The average Bonchev–Trinajstić information content (AvgIpc) is 2.28. The maximum Gasteiger partial charge on any atom is 0.216 e. The third-order valence-corrected chi connectivity index (χ3v) is 1.79. The van der Waals surface area contributed by atoms with Gasteiger partial charge in [-0.25, -0.2) is 4.39 Å². The van der Waals surface area contributed by atoms with Crippen LogP contribution < -0.4 is 10.6 Å². The molecule has 0 aliphatic carbocycles. The SMILES string of the molecule is CC.CNCCOC(C)C(F)CNC(C)=O. The maximum absolute atomic E-state index is 13.2. The molecule has 0 rings (SSSR count). The van der Waals surface area contributed by atoms with Gasteiger partial charge in [0.25, 0.3) is 0 Å². The Morgan fingerprint density at radius 2 is 2.00 bits per heavy atom. The van der Waals surface area contributed by atoms with Crippen molar-refractivity contribution in [3.8, 4) is 0 Å². The standard InChI is InChI=1S/C9H19FN2O2.C2H6/c1-7(14-5-4-11-3)9(10)6-12-8(2)13;1-2/h7,9,11H,4-6H2,1-3H3,(H,12,13);1-2H3. The number of carbonyl (C=O) groups excluding carboxylic acids is 1. The zero-order valence-corrected chi connectivity index (χ0v) is 11.0. The molecule has 98 valence electrons. The summed E-state index contributed by atoms with van der Waals surface area (Å²) in [4.78, 5) is 10.5. The molecule has 2 atom stereocenters. The molecule has 0 bridgehead atoms. The van der Waals surface area contributed by atoms with Gasteiger partial charge in [-0.05, 0) is 14.0 Å². The van der Waals surface area contributed by atoms with Gasteiger partial charge < -0.3 is 15.4 Å². The summed E-state index contributed by atoms with van der Waals surface area (Å²) in [6, 6.07) is 0. The van der Waals surface area contributed by atoms with Gasteiger partial charge in [-0.15, -0.1) is 0 Å². The van der Waals surface area contributed by atoms with Crippen molar-refractivity contribution in [3.63, 3.8) is 0 Å². The van der Waals surface area contributed by atoms with Crippen LogP contribution in [0.2, 0.25) is 0 Å². The highest BCUT2D eigenvalue weighted by molar-refractivity contribution is 5.72. The van der Waals surface area contributed by atoms with Crippen molar-refractivity contribution in [1.82, 2.24) is 10.6 Å². The second-order valence-electron chi connectivity index (χ2n) is 3.13. The van der Waals surface area contributed by atoms with E-state index in [9.17, 15) is 9.18 Å². The normalized spacial score (nSPS) is 13.4. The first kappa shape index (κ1) is 17.7. The molecule has 0 aliphatic rings. The van der Waals surface area contributed by atoms with Gasteiger partial charge in [0, 0.05) is 13.5 Å². The fourth-order valence-corrected chi connectivity index (χ4v) is 0.858. The third-order valence-electron chi connectivity index (χ3n) is 1.79. The number of likely N-dealkylation sites (N-methyl/N-ethyl adjacent to an activating group) is 1. The Kier molecular flexibility index (Phi) is 13.7. The van der Waals surface area contributed by atoms with E-state index in [4.69, 9.17) is 4.74 Å². The Labute approximate surface area is 97.9 Å². The predicted molar refractivity (Wildman–Crippen MR) is 64.3 cm³/mol. The average molecular weight is 236 g/mol. The van der Waals surface area contributed by atoms with Crippen molar-refractivity contribution in [3.05, 3.63) is 0 Å². The van der Waals surface area contributed by atoms with E-state index in [0.29, 0.717) is 13.2 Å². The molecule has 0 aliphatic heterocycles.